The summed E-state index contributed by atoms with van der Waals surface area (Å²) in [7, 11) is 0. The SMILES string of the molecule is CCOc1cc(C=Nn2c(C(C)C)nc3ccc(Br)cc3c2=O)c(Br)c(Br)c1OCC(=O)Nc1ccc(F)cc1. The van der Waals surface area contributed by atoms with Crippen molar-refractivity contribution in [1.82, 2.24) is 9.66 Å². The number of hydrogen-bond acceptors (Lipinski definition) is 6. The average Bonchev–Trinajstić information content (AvgIpc) is 2.92. The van der Waals surface area contributed by atoms with E-state index in [0.717, 1.165) is 4.47 Å². The van der Waals surface area contributed by atoms with Crippen molar-refractivity contribution in [3.05, 3.63) is 89.5 Å². The first kappa shape index (κ1) is 29.9. The number of carbonyl (C=O) groups is 1. The van der Waals surface area contributed by atoms with Crippen molar-refractivity contribution in [3.63, 3.8) is 0 Å². The van der Waals surface area contributed by atoms with Gasteiger partial charge >= 0.3 is 0 Å². The molecule has 1 heterocycles. The molecule has 1 amide bonds. The molecule has 1 aromatic heterocycles. The third-order valence-electron chi connectivity index (χ3n) is 5.59. The normalized spacial score (nSPS) is 11.4. The van der Waals surface area contributed by atoms with Crippen LogP contribution in [0.3, 0.4) is 0 Å². The number of nitrogens with zero attached hydrogens (tertiary/aromatic N) is 3. The maximum Gasteiger partial charge on any atom is 0.282 e. The third-order valence-corrected chi connectivity index (χ3v) is 8.23. The van der Waals surface area contributed by atoms with Gasteiger partial charge in [-0.15, -0.1) is 0 Å². The minimum Gasteiger partial charge on any atom is -0.490 e. The Bertz CT molecular complexity index is 1660. The van der Waals surface area contributed by atoms with E-state index in [2.05, 4.69) is 63.2 Å². The van der Waals surface area contributed by atoms with Crippen LogP contribution in [0.5, 0.6) is 11.5 Å². The number of nitrogens with one attached hydrogen (secondary N) is 1. The van der Waals surface area contributed by atoms with Gasteiger partial charge in [0, 0.05) is 26.1 Å². The lowest BCUT2D eigenvalue weighted by Crippen LogP contribution is -2.23. The lowest BCUT2D eigenvalue weighted by atomic mass is 10.2. The van der Waals surface area contributed by atoms with Crippen LogP contribution in [0, 0.1) is 5.82 Å². The van der Waals surface area contributed by atoms with Crippen molar-refractivity contribution in [2.45, 2.75) is 26.7 Å². The highest BCUT2D eigenvalue weighted by molar-refractivity contribution is 9.13. The Labute approximate surface area is 255 Å². The molecule has 0 radical (unpaired) electrons. The van der Waals surface area contributed by atoms with Crippen LogP contribution in [-0.4, -0.2) is 35.0 Å². The largest absolute Gasteiger partial charge is 0.490 e. The molecule has 0 atom stereocenters. The van der Waals surface area contributed by atoms with E-state index in [-0.39, 0.29) is 18.1 Å². The molecule has 0 unspecified atom stereocenters. The standard InChI is InChI=1S/C28H24Br3FN4O4/c1-4-39-22-11-16(13-33-36-27(15(2)3)35-21-10-5-17(29)12-20(21)28(36)38)24(30)25(31)26(22)40-14-23(37)34-19-8-6-18(32)7-9-19/h5-13,15H,4,14H2,1-3H3,(H,34,37). The van der Waals surface area contributed by atoms with Crippen molar-refractivity contribution in [3.8, 4) is 11.5 Å². The van der Waals surface area contributed by atoms with E-state index >= 15 is 0 Å². The van der Waals surface area contributed by atoms with Crippen LogP contribution in [0.25, 0.3) is 10.9 Å². The second kappa shape index (κ2) is 13.0. The molecule has 0 aliphatic rings. The molecule has 8 nitrogen and oxygen atoms in total. The van der Waals surface area contributed by atoms with E-state index in [1.54, 1.807) is 18.2 Å². The molecule has 0 saturated heterocycles. The summed E-state index contributed by atoms with van der Waals surface area (Å²) in [4.78, 5) is 30.5. The maximum atomic E-state index is 13.4. The van der Waals surface area contributed by atoms with Gasteiger partial charge in [-0.3, -0.25) is 9.59 Å². The van der Waals surface area contributed by atoms with Gasteiger partial charge in [0.1, 0.15) is 11.6 Å². The average molecular weight is 739 g/mol. The lowest BCUT2D eigenvalue weighted by molar-refractivity contribution is -0.118. The number of anilines is 1. The van der Waals surface area contributed by atoms with E-state index in [1.807, 2.05) is 26.8 Å². The van der Waals surface area contributed by atoms with Gasteiger partial charge in [0.2, 0.25) is 0 Å². The van der Waals surface area contributed by atoms with Gasteiger partial charge in [-0.05, 0) is 87.3 Å². The fourth-order valence-electron chi connectivity index (χ4n) is 3.74. The minimum atomic E-state index is -0.432. The Balaban J connectivity index is 1.65. The van der Waals surface area contributed by atoms with Crippen LogP contribution in [-0.2, 0) is 4.79 Å². The molecule has 0 aliphatic carbocycles. The molecule has 0 spiro atoms. The van der Waals surface area contributed by atoms with Crippen molar-refractivity contribution < 1.29 is 18.7 Å². The summed E-state index contributed by atoms with van der Waals surface area (Å²) in [6.07, 6.45) is 1.53. The molecule has 208 valence electrons. The number of halogens is 4. The second-order valence-corrected chi connectivity index (χ2v) is 11.3. The first-order valence-electron chi connectivity index (χ1n) is 12.2. The molecule has 1 N–H and O–H groups in total. The molecule has 0 bridgehead atoms. The first-order valence-corrected chi connectivity index (χ1v) is 14.6. The zero-order valence-electron chi connectivity index (χ0n) is 21.7. The Hall–Kier alpha value is -3.09. The van der Waals surface area contributed by atoms with Crippen LogP contribution in [0.2, 0.25) is 0 Å². The summed E-state index contributed by atoms with van der Waals surface area (Å²) in [6, 6.07) is 12.5. The molecule has 4 rings (SSSR count). The molecule has 0 aliphatic heterocycles. The fourth-order valence-corrected chi connectivity index (χ4v) is 5.03. The highest BCUT2D eigenvalue weighted by Crippen LogP contribution is 2.42. The molecule has 0 fully saturated rings. The van der Waals surface area contributed by atoms with Crippen molar-refractivity contribution >= 4 is 76.5 Å². The monoisotopic (exact) mass is 736 g/mol. The summed E-state index contributed by atoms with van der Waals surface area (Å²) >= 11 is 10.5. The quantitative estimate of drug-likeness (QED) is 0.183. The smallest absolute Gasteiger partial charge is 0.282 e. The zero-order valence-corrected chi connectivity index (χ0v) is 26.4. The van der Waals surface area contributed by atoms with Gasteiger partial charge in [0.15, 0.2) is 18.1 Å². The summed E-state index contributed by atoms with van der Waals surface area (Å²) < 4.78 is 27.9. The molecule has 0 saturated carbocycles. The van der Waals surface area contributed by atoms with Crippen molar-refractivity contribution in [1.29, 1.82) is 0 Å². The fraction of sp³-hybridized carbons (Fsp3) is 0.214. The molecule has 4 aromatic rings. The number of benzene rings is 3. The molecular formula is C28H24Br3FN4O4. The van der Waals surface area contributed by atoms with Gasteiger partial charge < -0.3 is 14.8 Å². The summed E-state index contributed by atoms with van der Waals surface area (Å²) in [6.45, 7) is 5.72. The maximum absolute atomic E-state index is 13.4. The van der Waals surface area contributed by atoms with Crippen LogP contribution in [0.15, 0.2) is 71.8 Å². The van der Waals surface area contributed by atoms with E-state index in [4.69, 9.17) is 9.47 Å². The number of hydrogen-bond donors (Lipinski definition) is 1. The van der Waals surface area contributed by atoms with Crippen LogP contribution in [0.1, 0.15) is 38.1 Å². The molecule has 3 aromatic carbocycles. The zero-order chi connectivity index (χ0) is 29.0. The Morgan fingerprint density at radius 2 is 1.82 bits per heavy atom. The topological polar surface area (TPSA) is 94.8 Å². The van der Waals surface area contributed by atoms with Gasteiger partial charge in [0.25, 0.3) is 11.5 Å². The summed E-state index contributed by atoms with van der Waals surface area (Å²) in [5.74, 6) is 0.289. The molecule has 40 heavy (non-hydrogen) atoms. The lowest BCUT2D eigenvalue weighted by Gasteiger charge is -2.16. The van der Waals surface area contributed by atoms with E-state index in [1.165, 1.54) is 35.2 Å². The first-order chi connectivity index (χ1) is 19.1. The van der Waals surface area contributed by atoms with Gasteiger partial charge in [0.05, 0.1) is 28.2 Å². The Kier molecular flexibility index (Phi) is 9.75. The highest BCUT2D eigenvalue weighted by Gasteiger charge is 2.19. The molecular weight excluding hydrogens is 715 g/mol. The third kappa shape index (κ3) is 6.79. The van der Waals surface area contributed by atoms with Gasteiger partial charge in [-0.25, -0.2) is 9.37 Å². The summed E-state index contributed by atoms with van der Waals surface area (Å²) in [5, 5.41) is 7.59. The van der Waals surface area contributed by atoms with Crippen molar-refractivity contribution in [2.75, 3.05) is 18.5 Å². The minimum absolute atomic E-state index is 0.0658. The number of aromatic nitrogens is 2. The predicted octanol–water partition coefficient (Wildman–Crippen LogP) is 7.24. The van der Waals surface area contributed by atoms with Gasteiger partial charge in [-0.2, -0.15) is 9.78 Å². The van der Waals surface area contributed by atoms with E-state index < -0.39 is 11.7 Å². The van der Waals surface area contributed by atoms with Crippen LogP contribution in [0.4, 0.5) is 10.1 Å². The number of ether oxygens (including phenoxy) is 2. The number of carbonyl (C=O) groups excluding carboxylic acids is 1. The molecule has 12 heteroatoms. The Morgan fingerprint density at radius 1 is 1.10 bits per heavy atom. The van der Waals surface area contributed by atoms with E-state index in [0.29, 0.717) is 55.0 Å². The Morgan fingerprint density at radius 3 is 2.50 bits per heavy atom. The predicted molar refractivity (Wildman–Crippen MR) is 164 cm³/mol. The van der Waals surface area contributed by atoms with Crippen LogP contribution < -0.4 is 20.3 Å². The van der Waals surface area contributed by atoms with Crippen molar-refractivity contribution in [2.24, 2.45) is 5.10 Å². The number of amides is 1. The number of fused-ring (bicyclic) bond motifs is 1. The number of rotatable bonds is 9. The second-order valence-electron chi connectivity index (χ2n) is 8.85. The van der Waals surface area contributed by atoms with Gasteiger partial charge in [-0.1, -0.05) is 29.8 Å². The summed E-state index contributed by atoms with van der Waals surface area (Å²) in [5.41, 5.74) is 1.34. The van der Waals surface area contributed by atoms with E-state index in [9.17, 15) is 14.0 Å². The highest BCUT2D eigenvalue weighted by atomic mass is 79.9. The van der Waals surface area contributed by atoms with Crippen LogP contribution >= 0.6 is 47.8 Å².